The molecule has 190 valence electrons. The average molecular weight is 492 g/mol. The van der Waals surface area contributed by atoms with E-state index < -0.39 is 11.9 Å². The van der Waals surface area contributed by atoms with Gasteiger partial charge in [-0.15, -0.1) is 0 Å². The molecule has 0 radical (unpaired) electrons. The number of hydrogen-bond acceptors (Lipinski definition) is 5. The van der Waals surface area contributed by atoms with Crippen LogP contribution < -0.4 is 4.90 Å². The molecule has 8 heteroatoms. The molecular formula is C28H33N3O5. The van der Waals surface area contributed by atoms with E-state index in [9.17, 15) is 14.7 Å². The molecule has 3 aromatic rings. The van der Waals surface area contributed by atoms with E-state index in [4.69, 9.17) is 14.5 Å². The quantitative estimate of drug-likeness (QED) is 0.539. The number of fused-ring (bicyclic) bond motifs is 3. The van der Waals surface area contributed by atoms with Gasteiger partial charge < -0.3 is 19.1 Å². The maximum Gasteiger partial charge on any atom is 0.414 e. The number of ether oxygens (including phenoxy) is 2. The minimum atomic E-state index is -0.870. The van der Waals surface area contributed by atoms with E-state index >= 15 is 0 Å². The first kappa shape index (κ1) is 24.3. The van der Waals surface area contributed by atoms with Crippen molar-refractivity contribution in [3.8, 4) is 0 Å². The number of hydrogen-bond donors (Lipinski definition) is 1. The molecule has 5 rings (SSSR count). The number of carbonyl (C=O) groups is 2. The highest BCUT2D eigenvalue weighted by Crippen LogP contribution is 2.39. The van der Waals surface area contributed by atoms with E-state index in [-0.39, 0.29) is 24.6 Å². The van der Waals surface area contributed by atoms with Crippen LogP contribution in [0.1, 0.15) is 60.7 Å². The van der Waals surface area contributed by atoms with E-state index in [0.29, 0.717) is 6.61 Å². The van der Waals surface area contributed by atoms with Crippen molar-refractivity contribution in [1.29, 1.82) is 0 Å². The predicted octanol–water partition coefficient (Wildman–Crippen LogP) is 5.01. The van der Waals surface area contributed by atoms with Crippen molar-refractivity contribution in [1.82, 2.24) is 9.55 Å². The molecule has 0 bridgehead atoms. The maximum atomic E-state index is 12.6. The molecule has 1 N–H and O–H groups in total. The van der Waals surface area contributed by atoms with Crippen LogP contribution in [0.5, 0.6) is 0 Å². The van der Waals surface area contributed by atoms with E-state index in [0.717, 1.165) is 71.5 Å². The fourth-order valence-corrected chi connectivity index (χ4v) is 5.63. The second kappa shape index (κ2) is 9.93. The highest BCUT2D eigenvalue weighted by molar-refractivity contribution is 5.95. The fourth-order valence-electron chi connectivity index (χ4n) is 5.63. The van der Waals surface area contributed by atoms with Crippen LogP contribution in [0, 0.1) is 6.92 Å². The predicted molar refractivity (Wildman–Crippen MR) is 137 cm³/mol. The number of methoxy groups -OCH3 is 1. The maximum absolute atomic E-state index is 12.6. The molecule has 1 saturated heterocycles. The van der Waals surface area contributed by atoms with Crippen molar-refractivity contribution >= 4 is 28.8 Å². The highest BCUT2D eigenvalue weighted by atomic mass is 16.5. The van der Waals surface area contributed by atoms with Gasteiger partial charge in [0.15, 0.2) is 0 Å². The zero-order valence-electron chi connectivity index (χ0n) is 21.1. The van der Waals surface area contributed by atoms with E-state index in [1.54, 1.807) is 4.90 Å². The number of rotatable bonds is 5. The summed E-state index contributed by atoms with van der Waals surface area (Å²) in [5.74, 6) is -0.844. The van der Waals surface area contributed by atoms with Crippen LogP contribution in [0.25, 0.3) is 11.0 Å². The topological polar surface area (TPSA) is 93.9 Å². The number of anilines is 1. The van der Waals surface area contributed by atoms with Crippen molar-refractivity contribution in [2.24, 2.45) is 0 Å². The number of amides is 1. The Labute approximate surface area is 210 Å². The number of carbonyl (C=O) groups excluding carboxylic acids is 1. The number of aromatic nitrogens is 2. The van der Waals surface area contributed by atoms with Gasteiger partial charge in [-0.1, -0.05) is 29.8 Å². The Morgan fingerprint density at radius 2 is 1.97 bits per heavy atom. The van der Waals surface area contributed by atoms with Gasteiger partial charge in [-0.2, -0.15) is 0 Å². The van der Waals surface area contributed by atoms with E-state index in [1.165, 1.54) is 7.11 Å². The lowest BCUT2D eigenvalue weighted by Gasteiger charge is -2.34. The Morgan fingerprint density at radius 3 is 2.64 bits per heavy atom. The first-order valence-corrected chi connectivity index (χ1v) is 12.7. The van der Waals surface area contributed by atoms with Gasteiger partial charge in [-0.3, -0.25) is 9.69 Å². The number of aliphatic carboxylic acids is 1. The molecule has 2 aromatic carbocycles. The number of benzene rings is 2. The molecule has 8 nitrogen and oxygen atoms in total. The summed E-state index contributed by atoms with van der Waals surface area (Å²) < 4.78 is 13.1. The molecule has 3 atom stereocenters. The molecule has 2 aliphatic heterocycles. The van der Waals surface area contributed by atoms with Gasteiger partial charge >= 0.3 is 12.1 Å². The zero-order valence-corrected chi connectivity index (χ0v) is 21.1. The minimum absolute atomic E-state index is 0.0219. The number of nitrogens with zero attached hydrogens (tertiary/aromatic N) is 3. The molecule has 0 spiro atoms. The van der Waals surface area contributed by atoms with Gasteiger partial charge in [-0.05, 0) is 57.2 Å². The summed E-state index contributed by atoms with van der Waals surface area (Å²) in [6.07, 6.45) is 3.38. The molecule has 0 aliphatic carbocycles. The van der Waals surface area contributed by atoms with Crippen molar-refractivity contribution in [2.75, 3.05) is 25.2 Å². The van der Waals surface area contributed by atoms with Crippen molar-refractivity contribution < 1.29 is 24.2 Å². The summed E-state index contributed by atoms with van der Waals surface area (Å²) in [4.78, 5) is 31.8. The van der Waals surface area contributed by atoms with Crippen molar-refractivity contribution in [3.63, 3.8) is 0 Å². The van der Waals surface area contributed by atoms with Gasteiger partial charge in [0.2, 0.25) is 0 Å². The van der Waals surface area contributed by atoms with E-state index in [1.807, 2.05) is 50.2 Å². The Hall–Kier alpha value is -3.39. The summed E-state index contributed by atoms with van der Waals surface area (Å²) in [5, 5.41) is 10.2. The SMILES string of the molecule is COC(=O)N1c2ccc3c(nc(CC(C(=O)O)c4ccc(C)cc4)n3C3CCCOC3)c2CC[C@@H]1C. The van der Waals surface area contributed by atoms with Crippen LogP contribution in [-0.4, -0.2) is 53.1 Å². The van der Waals surface area contributed by atoms with E-state index in [2.05, 4.69) is 4.57 Å². The number of imidazole rings is 1. The third-order valence-corrected chi connectivity index (χ3v) is 7.56. The normalized spacial score (nSPS) is 20.7. The van der Waals surface area contributed by atoms with Crippen molar-refractivity contribution in [3.05, 3.63) is 58.9 Å². The van der Waals surface area contributed by atoms with Crippen molar-refractivity contribution in [2.45, 2.75) is 64.0 Å². The largest absolute Gasteiger partial charge is 0.481 e. The molecule has 1 fully saturated rings. The van der Waals surface area contributed by atoms with Crippen LogP contribution in [0.3, 0.4) is 0 Å². The number of carboxylic acid groups (broad SMARTS) is 1. The molecule has 1 amide bonds. The first-order valence-electron chi connectivity index (χ1n) is 12.7. The molecule has 3 heterocycles. The van der Waals surface area contributed by atoms with Crippen LogP contribution in [0.15, 0.2) is 36.4 Å². The van der Waals surface area contributed by atoms with Crippen LogP contribution >= 0.6 is 0 Å². The lowest BCUT2D eigenvalue weighted by Crippen LogP contribution is -2.42. The first-order chi connectivity index (χ1) is 17.4. The Morgan fingerprint density at radius 1 is 1.19 bits per heavy atom. The molecule has 1 aromatic heterocycles. The average Bonchev–Trinajstić information content (AvgIpc) is 3.26. The summed E-state index contributed by atoms with van der Waals surface area (Å²) in [6, 6.07) is 11.8. The third-order valence-electron chi connectivity index (χ3n) is 7.56. The summed E-state index contributed by atoms with van der Waals surface area (Å²) in [7, 11) is 1.40. The zero-order chi connectivity index (χ0) is 25.4. The molecular weight excluding hydrogens is 458 g/mol. The fraction of sp³-hybridized carbons (Fsp3) is 0.464. The second-order valence-corrected chi connectivity index (χ2v) is 9.93. The summed E-state index contributed by atoms with van der Waals surface area (Å²) >= 11 is 0. The van der Waals surface area contributed by atoms with Gasteiger partial charge in [-0.25, -0.2) is 9.78 Å². The lowest BCUT2D eigenvalue weighted by atomic mass is 9.94. The monoisotopic (exact) mass is 491 g/mol. The van der Waals surface area contributed by atoms with Crippen LogP contribution in [0.4, 0.5) is 10.5 Å². The lowest BCUT2D eigenvalue weighted by molar-refractivity contribution is -0.138. The Bertz CT molecular complexity index is 1280. The van der Waals surface area contributed by atoms with Gasteiger partial charge in [0, 0.05) is 24.6 Å². The standard InChI is InChI=1S/C28H33N3O5/c1-17-6-9-19(10-7-17)22(27(32)33)15-25-29-26-21-11-8-18(2)30(28(34)35-3)23(21)12-13-24(26)31(25)20-5-4-14-36-16-20/h6-7,9-10,12-13,18,20,22H,4-5,8,11,14-16H2,1-3H3,(H,32,33)/t18-,20?,22?/m0/s1. The second-order valence-electron chi connectivity index (χ2n) is 9.93. The number of aryl methyl sites for hydroxylation is 2. The van der Waals surface area contributed by atoms with Gasteiger partial charge in [0.1, 0.15) is 5.82 Å². The molecule has 36 heavy (non-hydrogen) atoms. The summed E-state index contributed by atoms with van der Waals surface area (Å²) in [5.41, 5.74) is 5.48. The van der Waals surface area contributed by atoms with Gasteiger partial charge in [0.05, 0.1) is 42.4 Å². The van der Waals surface area contributed by atoms with Crippen LogP contribution in [-0.2, 0) is 27.1 Å². The Balaban J connectivity index is 1.64. The van der Waals surface area contributed by atoms with Gasteiger partial charge in [0.25, 0.3) is 0 Å². The Kier molecular flexibility index (Phi) is 6.71. The molecule has 0 saturated carbocycles. The molecule has 2 aliphatic rings. The molecule has 2 unspecified atom stereocenters. The third kappa shape index (κ3) is 4.34. The highest BCUT2D eigenvalue weighted by Gasteiger charge is 2.33. The summed E-state index contributed by atoms with van der Waals surface area (Å²) in [6.45, 7) is 5.32. The number of carboxylic acids is 1. The smallest absolute Gasteiger partial charge is 0.414 e. The minimum Gasteiger partial charge on any atom is -0.481 e. The van der Waals surface area contributed by atoms with Crippen LogP contribution in [0.2, 0.25) is 0 Å².